The molecular formula is C15H18FNO. The monoisotopic (exact) mass is 247 g/mol. The zero-order chi connectivity index (χ0) is 12.9. The predicted octanol–water partition coefficient (Wildman–Crippen LogP) is 3.61. The Morgan fingerprint density at radius 2 is 2.06 bits per heavy atom. The molecule has 0 saturated heterocycles. The predicted molar refractivity (Wildman–Crippen MR) is 69.1 cm³/mol. The highest BCUT2D eigenvalue weighted by atomic mass is 19.1. The van der Waals surface area contributed by atoms with E-state index in [0.717, 1.165) is 36.8 Å². The van der Waals surface area contributed by atoms with Crippen molar-refractivity contribution in [3.63, 3.8) is 0 Å². The van der Waals surface area contributed by atoms with Gasteiger partial charge in [0.15, 0.2) is 0 Å². The summed E-state index contributed by atoms with van der Waals surface area (Å²) in [4.78, 5) is 12.1. The number of rotatable bonds is 1. The van der Waals surface area contributed by atoms with Crippen molar-refractivity contribution in [3.05, 3.63) is 29.1 Å². The second-order valence-electron chi connectivity index (χ2n) is 5.95. The first-order valence-electron chi connectivity index (χ1n) is 6.66. The van der Waals surface area contributed by atoms with E-state index >= 15 is 0 Å². The van der Waals surface area contributed by atoms with Crippen molar-refractivity contribution in [1.82, 2.24) is 0 Å². The van der Waals surface area contributed by atoms with Crippen molar-refractivity contribution in [1.29, 1.82) is 0 Å². The van der Waals surface area contributed by atoms with Crippen LogP contribution in [0, 0.1) is 11.2 Å². The maximum atomic E-state index is 13.9. The molecule has 2 nitrogen and oxygen atoms in total. The average molecular weight is 247 g/mol. The van der Waals surface area contributed by atoms with Gasteiger partial charge in [0.2, 0.25) is 5.91 Å². The summed E-state index contributed by atoms with van der Waals surface area (Å²) < 4.78 is 13.9. The highest BCUT2D eigenvalue weighted by molar-refractivity contribution is 5.99. The van der Waals surface area contributed by atoms with Gasteiger partial charge in [-0.15, -0.1) is 0 Å². The molecule has 0 bridgehead atoms. The second kappa shape index (κ2) is 3.81. The first kappa shape index (κ1) is 11.7. The van der Waals surface area contributed by atoms with E-state index in [4.69, 9.17) is 0 Å². The molecular weight excluding hydrogens is 229 g/mol. The number of amides is 1. The largest absolute Gasteiger partial charge is 0.325 e. The lowest BCUT2D eigenvalue weighted by molar-refractivity contribution is -0.130. The topological polar surface area (TPSA) is 29.1 Å². The van der Waals surface area contributed by atoms with E-state index in [2.05, 4.69) is 5.32 Å². The number of carbonyl (C=O) groups excluding carboxylic acids is 1. The van der Waals surface area contributed by atoms with Crippen molar-refractivity contribution in [2.24, 2.45) is 5.41 Å². The van der Waals surface area contributed by atoms with Crippen LogP contribution < -0.4 is 5.32 Å². The number of hydrogen-bond donors (Lipinski definition) is 1. The van der Waals surface area contributed by atoms with Gasteiger partial charge < -0.3 is 5.32 Å². The maximum Gasteiger partial charge on any atom is 0.230 e. The van der Waals surface area contributed by atoms with Crippen molar-refractivity contribution in [3.8, 4) is 0 Å². The van der Waals surface area contributed by atoms with E-state index in [1.165, 1.54) is 6.07 Å². The molecule has 1 saturated carbocycles. The van der Waals surface area contributed by atoms with E-state index < -0.39 is 0 Å². The van der Waals surface area contributed by atoms with Crippen LogP contribution in [0.15, 0.2) is 12.1 Å². The van der Waals surface area contributed by atoms with Gasteiger partial charge >= 0.3 is 0 Å². The molecule has 1 N–H and O–H groups in total. The van der Waals surface area contributed by atoms with Gasteiger partial charge in [-0.1, -0.05) is 26.3 Å². The van der Waals surface area contributed by atoms with E-state index in [-0.39, 0.29) is 23.1 Å². The van der Waals surface area contributed by atoms with Crippen LogP contribution in [0.4, 0.5) is 10.1 Å². The molecule has 96 valence electrons. The number of carbonyl (C=O) groups is 1. The molecule has 18 heavy (non-hydrogen) atoms. The number of fused-ring (bicyclic) bond motifs is 1. The summed E-state index contributed by atoms with van der Waals surface area (Å²) in [6.07, 6.45) is 3.83. The third-order valence-electron chi connectivity index (χ3n) is 4.41. The van der Waals surface area contributed by atoms with Crippen LogP contribution in [-0.2, 0) is 11.2 Å². The minimum Gasteiger partial charge on any atom is -0.325 e. The van der Waals surface area contributed by atoms with Gasteiger partial charge in [-0.05, 0) is 42.4 Å². The molecule has 0 radical (unpaired) electrons. The molecule has 0 atom stereocenters. The molecule has 2 aliphatic rings. The molecule has 1 fully saturated rings. The molecule has 1 amide bonds. The standard InChI is InChI=1S/C15H18FNO/c1-9(2)11-6-10-8-15(4-3-5-15)14(18)17-13(10)7-12(11)16/h6-7,9H,3-5,8H2,1-2H3,(H,17,18). The Hall–Kier alpha value is -1.38. The summed E-state index contributed by atoms with van der Waals surface area (Å²) in [6.45, 7) is 3.98. The lowest BCUT2D eigenvalue weighted by atomic mass is 9.63. The highest BCUT2D eigenvalue weighted by Crippen LogP contribution is 2.48. The maximum absolute atomic E-state index is 13.9. The van der Waals surface area contributed by atoms with Crippen molar-refractivity contribution < 1.29 is 9.18 Å². The van der Waals surface area contributed by atoms with E-state index in [0.29, 0.717) is 5.69 Å². The lowest BCUT2D eigenvalue weighted by Crippen LogP contribution is -2.46. The Morgan fingerprint density at radius 1 is 1.33 bits per heavy atom. The van der Waals surface area contributed by atoms with Crippen LogP contribution in [0.1, 0.15) is 50.2 Å². The summed E-state index contributed by atoms with van der Waals surface area (Å²) in [5, 5.41) is 2.88. The molecule has 1 spiro atoms. The van der Waals surface area contributed by atoms with Gasteiger partial charge in [0.1, 0.15) is 5.82 Å². The Bertz CT molecular complexity index is 517. The van der Waals surface area contributed by atoms with Gasteiger partial charge in [-0.3, -0.25) is 4.79 Å². The Kier molecular flexibility index (Phi) is 2.47. The third kappa shape index (κ3) is 1.57. The third-order valence-corrected chi connectivity index (χ3v) is 4.41. The SMILES string of the molecule is CC(C)c1cc2c(cc1F)NC(=O)C1(CCC1)C2. The number of hydrogen-bond acceptors (Lipinski definition) is 1. The van der Waals surface area contributed by atoms with Crippen molar-refractivity contribution in [2.45, 2.75) is 45.4 Å². The Labute approximate surface area is 107 Å². The number of halogens is 1. The number of nitrogens with one attached hydrogen (secondary N) is 1. The number of anilines is 1. The highest BCUT2D eigenvalue weighted by Gasteiger charge is 2.47. The van der Waals surface area contributed by atoms with Crippen LogP contribution in [0.3, 0.4) is 0 Å². The zero-order valence-electron chi connectivity index (χ0n) is 10.8. The normalized spacial score (nSPS) is 20.6. The molecule has 1 aliphatic heterocycles. The van der Waals surface area contributed by atoms with Crippen molar-refractivity contribution in [2.75, 3.05) is 5.32 Å². The molecule has 3 rings (SSSR count). The fourth-order valence-electron chi connectivity index (χ4n) is 3.05. The van der Waals surface area contributed by atoms with Gasteiger partial charge in [-0.2, -0.15) is 0 Å². The first-order chi connectivity index (χ1) is 8.52. The summed E-state index contributed by atoms with van der Waals surface area (Å²) in [7, 11) is 0. The first-order valence-corrected chi connectivity index (χ1v) is 6.66. The lowest BCUT2D eigenvalue weighted by Gasteiger charge is -2.43. The van der Waals surface area contributed by atoms with Crippen LogP contribution in [0.25, 0.3) is 0 Å². The van der Waals surface area contributed by atoms with Crippen molar-refractivity contribution >= 4 is 11.6 Å². The minimum atomic E-state index is -0.214. The van der Waals surface area contributed by atoms with E-state index in [9.17, 15) is 9.18 Å². The van der Waals surface area contributed by atoms with Gasteiger partial charge in [-0.25, -0.2) is 4.39 Å². The van der Waals surface area contributed by atoms with Crippen LogP contribution in [0.2, 0.25) is 0 Å². The van der Waals surface area contributed by atoms with E-state index in [1.807, 2.05) is 19.9 Å². The summed E-state index contributed by atoms with van der Waals surface area (Å²) in [5.74, 6) is 0.0387. The smallest absolute Gasteiger partial charge is 0.230 e. The zero-order valence-corrected chi connectivity index (χ0v) is 10.8. The summed E-state index contributed by atoms with van der Waals surface area (Å²) >= 11 is 0. The van der Waals surface area contributed by atoms with Gasteiger partial charge in [0.25, 0.3) is 0 Å². The average Bonchev–Trinajstić information content (AvgIpc) is 2.24. The summed E-state index contributed by atoms with van der Waals surface area (Å²) in [5.41, 5.74) is 2.32. The minimum absolute atomic E-state index is 0.0814. The second-order valence-corrected chi connectivity index (χ2v) is 5.95. The molecule has 0 unspecified atom stereocenters. The van der Waals surface area contributed by atoms with Crippen LogP contribution in [-0.4, -0.2) is 5.91 Å². The number of benzene rings is 1. The van der Waals surface area contributed by atoms with Gasteiger partial charge in [0, 0.05) is 5.69 Å². The quantitative estimate of drug-likeness (QED) is 0.807. The fraction of sp³-hybridized carbons (Fsp3) is 0.533. The van der Waals surface area contributed by atoms with Crippen LogP contribution >= 0.6 is 0 Å². The van der Waals surface area contributed by atoms with Gasteiger partial charge in [0.05, 0.1) is 5.41 Å². The van der Waals surface area contributed by atoms with E-state index in [1.54, 1.807) is 0 Å². The Morgan fingerprint density at radius 3 is 2.61 bits per heavy atom. The molecule has 3 heteroatoms. The molecule has 1 heterocycles. The fourth-order valence-corrected chi connectivity index (χ4v) is 3.05. The summed E-state index contributed by atoms with van der Waals surface area (Å²) in [6, 6.07) is 3.42. The molecule has 1 aliphatic carbocycles. The molecule has 1 aromatic rings. The van der Waals surface area contributed by atoms with Crippen LogP contribution in [0.5, 0.6) is 0 Å². The molecule has 0 aromatic heterocycles. The Balaban J connectivity index is 2.03. The molecule has 1 aromatic carbocycles.